The molecule has 3 aromatic rings. The van der Waals surface area contributed by atoms with Gasteiger partial charge in [0.1, 0.15) is 5.58 Å². The van der Waals surface area contributed by atoms with Crippen LogP contribution in [0.25, 0.3) is 11.0 Å². The maximum absolute atomic E-state index is 13.6. The fraction of sp³-hybridized carbons (Fsp3) is 0.423. The molecule has 5 rings (SSSR count). The van der Waals surface area contributed by atoms with Gasteiger partial charge in [-0.25, -0.2) is 0 Å². The molecule has 1 amide bonds. The summed E-state index contributed by atoms with van der Waals surface area (Å²) < 4.78 is 5.43. The molecular weight excluding hydrogens is 388 g/mol. The Labute approximate surface area is 183 Å². The van der Waals surface area contributed by atoms with Crippen molar-refractivity contribution in [3.8, 4) is 0 Å². The second-order valence-electron chi connectivity index (χ2n) is 8.97. The first-order valence-electron chi connectivity index (χ1n) is 11.4. The van der Waals surface area contributed by atoms with Gasteiger partial charge in [-0.3, -0.25) is 9.69 Å². The monoisotopic (exact) mass is 418 g/mol. The highest BCUT2D eigenvalue weighted by atomic mass is 16.3. The zero-order chi connectivity index (χ0) is 21.3. The van der Waals surface area contributed by atoms with Crippen molar-refractivity contribution in [1.82, 2.24) is 9.80 Å². The van der Waals surface area contributed by atoms with Gasteiger partial charge < -0.3 is 14.4 Å². The number of rotatable bonds is 5. The van der Waals surface area contributed by atoms with Crippen LogP contribution in [0, 0.1) is 5.92 Å². The number of benzene rings is 2. The Balaban J connectivity index is 1.27. The second-order valence-corrected chi connectivity index (χ2v) is 8.97. The fourth-order valence-electron chi connectivity index (χ4n) is 5.29. The van der Waals surface area contributed by atoms with Crippen molar-refractivity contribution in [2.24, 2.45) is 5.92 Å². The molecule has 1 N–H and O–H groups in total. The van der Waals surface area contributed by atoms with Crippen LogP contribution in [0.3, 0.4) is 0 Å². The summed E-state index contributed by atoms with van der Waals surface area (Å²) in [5.74, 6) is -0.118. The van der Waals surface area contributed by atoms with E-state index >= 15 is 0 Å². The van der Waals surface area contributed by atoms with E-state index in [2.05, 4.69) is 17.0 Å². The third-order valence-electron chi connectivity index (χ3n) is 7.07. The third-order valence-corrected chi connectivity index (χ3v) is 7.07. The largest absolute Gasteiger partial charge is 0.464 e. The van der Waals surface area contributed by atoms with E-state index in [1.54, 1.807) is 6.26 Å². The summed E-state index contributed by atoms with van der Waals surface area (Å²) in [4.78, 5) is 17.9. The van der Waals surface area contributed by atoms with Gasteiger partial charge in [0, 0.05) is 44.0 Å². The molecule has 31 heavy (non-hydrogen) atoms. The van der Waals surface area contributed by atoms with Crippen LogP contribution >= 0.6 is 0 Å². The van der Waals surface area contributed by atoms with Crippen LogP contribution < -0.4 is 0 Å². The maximum Gasteiger partial charge on any atom is 0.259 e. The first-order valence-corrected chi connectivity index (χ1v) is 11.4. The van der Waals surface area contributed by atoms with E-state index in [0.717, 1.165) is 61.9 Å². The van der Waals surface area contributed by atoms with Crippen LogP contribution in [0.15, 0.2) is 65.3 Å². The highest BCUT2D eigenvalue weighted by molar-refractivity contribution is 5.87. The van der Waals surface area contributed by atoms with E-state index in [-0.39, 0.29) is 11.8 Å². The van der Waals surface area contributed by atoms with Crippen LogP contribution in [0.5, 0.6) is 0 Å². The van der Waals surface area contributed by atoms with Gasteiger partial charge >= 0.3 is 0 Å². The summed E-state index contributed by atoms with van der Waals surface area (Å²) in [6.07, 6.45) is 5.71. The van der Waals surface area contributed by atoms with E-state index in [4.69, 9.17) is 4.42 Å². The number of amides is 1. The van der Waals surface area contributed by atoms with Crippen molar-refractivity contribution in [1.29, 1.82) is 0 Å². The zero-order valence-electron chi connectivity index (χ0n) is 17.9. The minimum Gasteiger partial charge on any atom is -0.464 e. The van der Waals surface area contributed by atoms with E-state index < -0.39 is 5.60 Å². The Morgan fingerprint density at radius 2 is 1.74 bits per heavy atom. The van der Waals surface area contributed by atoms with E-state index in [1.807, 2.05) is 47.4 Å². The molecule has 2 heterocycles. The van der Waals surface area contributed by atoms with Gasteiger partial charge in [-0.05, 0) is 42.2 Å². The molecule has 2 aromatic carbocycles. The van der Waals surface area contributed by atoms with Crippen molar-refractivity contribution < 1.29 is 14.3 Å². The van der Waals surface area contributed by atoms with Crippen LogP contribution in [-0.4, -0.2) is 47.0 Å². The molecule has 0 spiro atoms. The predicted octanol–water partition coefficient (Wildman–Crippen LogP) is 4.16. The second kappa shape index (κ2) is 8.48. The lowest BCUT2D eigenvalue weighted by Crippen LogP contribution is -2.56. The lowest BCUT2D eigenvalue weighted by molar-refractivity contribution is -0.161. The molecule has 0 radical (unpaired) electrons. The van der Waals surface area contributed by atoms with E-state index in [0.29, 0.717) is 13.1 Å². The van der Waals surface area contributed by atoms with Gasteiger partial charge in [0.25, 0.3) is 5.91 Å². The van der Waals surface area contributed by atoms with Gasteiger partial charge in [0.2, 0.25) is 0 Å². The number of hydrogen-bond acceptors (Lipinski definition) is 4. The van der Waals surface area contributed by atoms with Gasteiger partial charge in [0.15, 0.2) is 5.60 Å². The minimum atomic E-state index is -1.41. The van der Waals surface area contributed by atoms with Crippen LogP contribution in [0.4, 0.5) is 0 Å². The predicted molar refractivity (Wildman–Crippen MR) is 120 cm³/mol. The molecule has 1 aromatic heterocycles. The molecule has 1 aliphatic heterocycles. The van der Waals surface area contributed by atoms with Crippen LogP contribution in [0.1, 0.15) is 36.8 Å². The molecular formula is C26H30N2O3. The number of carbonyl (C=O) groups excluding carboxylic acids is 1. The van der Waals surface area contributed by atoms with Crippen molar-refractivity contribution in [2.75, 3.05) is 26.2 Å². The lowest BCUT2D eigenvalue weighted by Gasteiger charge is -2.41. The number of piperazine rings is 1. The average molecular weight is 419 g/mol. The van der Waals surface area contributed by atoms with Gasteiger partial charge in [-0.2, -0.15) is 0 Å². The van der Waals surface area contributed by atoms with Crippen molar-refractivity contribution in [3.05, 3.63) is 72.0 Å². The highest BCUT2D eigenvalue weighted by Gasteiger charge is 2.48. The van der Waals surface area contributed by atoms with Crippen molar-refractivity contribution in [3.63, 3.8) is 0 Å². The molecule has 1 aliphatic carbocycles. The summed E-state index contributed by atoms with van der Waals surface area (Å²) >= 11 is 0. The molecule has 2 aliphatic rings. The normalized spacial score (nSPS) is 20.2. The summed E-state index contributed by atoms with van der Waals surface area (Å²) in [7, 11) is 0. The number of aliphatic hydroxyl groups is 1. The minimum absolute atomic E-state index is 0.00196. The molecule has 5 heteroatoms. The Bertz CT molecular complexity index is 1030. The van der Waals surface area contributed by atoms with E-state index in [1.165, 1.54) is 5.56 Å². The third kappa shape index (κ3) is 3.88. The molecule has 0 unspecified atom stereocenters. The van der Waals surface area contributed by atoms with Gasteiger partial charge in [-0.15, -0.1) is 0 Å². The topological polar surface area (TPSA) is 56.9 Å². The highest BCUT2D eigenvalue weighted by Crippen LogP contribution is 2.42. The first kappa shape index (κ1) is 20.3. The number of fused-ring (bicyclic) bond motifs is 1. The number of carbonyl (C=O) groups is 1. The van der Waals surface area contributed by atoms with Gasteiger partial charge in [0.05, 0.1) is 6.26 Å². The Hall–Kier alpha value is -2.63. The summed E-state index contributed by atoms with van der Waals surface area (Å²) in [6, 6.07) is 17.9. The molecule has 2 fully saturated rings. The molecule has 162 valence electrons. The first-order chi connectivity index (χ1) is 15.1. The fourth-order valence-corrected chi connectivity index (χ4v) is 5.29. The summed E-state index contributed by atoms with van der Waals surface area (Å²) in [6.45, 7) is 3.77. The summed E-state index contributed by atoms with van der Waals surface area (Å²) in [5, 5.41) is 12.9. The Morgan fingerprint density at radius 3 is 2.48 bits per heavy atom. The standard InChI is InChI=1S/C26H30N2O3/c29-25(26(30,23-8-4-5-9-23)22-6-2-1-3-7-22)28-15-13-27(14-16-28)19-20-10-11-24-21(18-20)12-17-31-24/h1-3,6-7,10-12,17-18,23,30H,4-5,8-9,13-16,19H2/t26-/m0/s1. The summed E-state index contributed by atoms with van der Waals surface area (Å²) in [5.41, 5.74) is 1.49. The quantitative estimate of drug-likeness (QED) is 0.676. The molecule has 1 saturated heterocycles. The average Bonchev–Trinajstić information content (AvgIpc) is 3.51. The number of furan rings is 1. The Morgan fingerprint density at radius 1 is 1.00 bits per heavy atom. The molecule has 0 bridgehead atoms. The molecule has 5 nitrogen and oxygen atoms in total. The smallest absolute Gasteiger partial charge is 0.259 e. The SMILES string of the molecule is O=C(N1CCN(Cc2ccc3occc3c2)CC1)[C@](O)(c1ccccc1)C1CCCC1. The van der Waals surface area contributed by atoms with Crippen molar-refractivity contribution in [2.45, 2.75) is 37.8 Å². The van der Waals surface area contributed by atoms with Crippen molar-refractivity contribution >= 4 is 16.9 Å². The maximum atomic E-state index is 13.6. The zero-order valence-corrected chi connectivity index (χ0v) is 17.9. The molecule has 1 atom stereocenters. The number of hydrogen-bond donors (Lipinski definition) is 1. The Kier molecular flexibility index (Phi) is 5.55. The van der Waals surface area contributed by atoms with Gasteiger partial charge in [-0.1, -0.05) is 49.2 Å². The number of nitrogens with zero attached hydrogens (tertiary/aromatic N) is 2. The van der Waals surface area contributed by atoms with Crippen LogP contribution in [0.2, 0.25) is 0 Å². The molecule has 1 saturated carbocycles. The lowest BCUT2D eigenvalue weighted by atomic mass is 9.79. The van der Waals surface area contributed by atoms with E-state index in [9.17, 15) is 9.90 Å². The van der Waals surface area contributed by atoms with Crippen LogP contribution in [-0.2, 0) is 16.9 Å².